The lowest BCUT2D eigenvalue weighted by Gasteiger charge is -2.17. The quantitative estimate of drug-likeness (QED) is 0.526. The van der Waals surface area contributed by atoms with E-state index in [2.05, 4.69) is 47.2 Å². The molecule has 1 aliphatic rings. The van der Waals surface area contributed by atoms with E-state index in [0.717, 1.165) is 29.4 Å². The van der Waals surface area contributed by atoms with Crippen molar-refractivity contribution in [3.8, 4) is 0 Å². The maximum Gasteiger partial charge on any atom is 0.257 e. The molecule has 0 spiro atoms. The SMILES string of the molecule is CC1CCc2[nH]c3c(C(=O)Nc4cnc5c(cnn5C(C)C)c4)cccc3c2C1. The summed E-state index contributed by atoms with van der Waals surface area (Å²) in [5.41, 5.74) is 5.76. The number of aromatic nitrogens is 4. The molecule has 2 N–H and O–H groups in total. The number of rotatable bonds is 3. The van der Waals surface area contributed by atoms with Gasteiger partial charge in [0.15, 0.2) is 5.65 Å². The Hall–Kier alpha value is -3.15. The first-order chi connectivity index (χ1) is 14.0. The number of hydrogen-bond acceptors (Lipinski definition) is 3. The summed E-state index contributed by atoms with van der Waals surface area (Å²) in [5, 5.41) is 9.49. The van der Waals surface area contributed by atoms with Crippen molar-refractivity contribution in [2.75, 3.05) is 5.32 Å². The van der Waals surface area contributed by atoms with Gasteiger partial charge in [0.25, 0.3) is 5.91 Å². The van der Waals surface area contributed by atoms with Crippen molar-refractivity contribution < 1.29 is 4.79 Å². The number of fused-ring (bicyclic) bond motifs is 4. The molecule has 0 saturated heterocycles. The van der Waals surface area contributed by atoms with Crippen LogP contribution >= 0.6 is 0 Å². The van der Waals surface area contributed by atoms with Crippen LogP contribution in [0.4, 0.5) is 5.69 Å². The highest BCUT2D eigenvalue weighted by Gasteiger charge is 2.22. The first-order valence-corrected chi connectivity index (χ1v) is 10.3. The fourth-order valence-corrected chi connectivity index (χ4v) is 4.39. The summed E-state index contributed by atoms with van der Waals surface area (Å²) in [7, 11) is 0. The fraction of sp³-hybridized carbons (Fsp3) is 0.348. The van der Waals surface area contributed by atoms with Crippen LogP contribution in [0.1, 0.15) is 54.8 Å². The van der Waals surface area contributed by atoms with Crippen molar-refractivity contribution in [3.05, 3.63) is 53.5 Å². The lowest BCUT2D eigenvalue weighted by atomic mass is 9.87. The van der Waals surface area contributed by atoms with Gasteiger partial charge in [0, 0.05) is 22.5 Å². The molecule has 0 saturated carbocycles. The Bertz CT molecular complexity index is 1230. The standard InChI is InChI=1S/C23H25N5O/c1-13(2)28-22-15(11-25-28)10-16(12-24-22)26-23(29)18-6-4-5-17-19-9-14(3)7-8-20(19)27-21(17)18/h4-6,10-14,27H,7-9H2,1-3H3,(H,26,29). The molecule has 1 atom stereocenters. The van der Waals surface area contributed by atoms with Crippen molar-refractivity contribution in [2.24, 2.45) is 5.92 Å². The predicted octanol–water partition coefficient (Wildman–Crippen LogP) is 4.87. The smallest absolute Gasteiger partial charge is 0.257 e. The van der Waals surface area contributed by atoms with E-state index in [9.17, 15) is 4.79 Å². The molecule has 5 rings (SSSR count). The average Bonchev–Trinajstić information content (AvgIpc) is 3.28. The Morgan fingerprint density at radius 2 is 2.17 bits per heavy atom. The van der Waals surface area contributed by atoms with Crippen molar-refractivity contribution >= 4 is 33.5 Å². The minimum absolute atomic E-state index is 0.125. The molecule has 1 amide bonds. The number of pyridine rings is 1. The summed E-state index contributed by atoms with van der Waals surface area (Å²) in [5.74, 6) is 0.559. The molecule has 0 bridgehead atoms. The van der Waals surface area contributed by atoms with E-state index in [0.29, 0.717) is 17.2 Å². The number of nitrogens with one attached hydrogen (secondary N) is 2. The maximum atomic E-state index is 13.1. The van der Waals surface area contributed by atoms with Crippen LogP contribution in [-0.2, 0) is 12.8 Å². The molecule has 6 nitrogen and oxygen atoms in total. The van der Waals surface area contributed by atoms with Gasteiger partial charge in [-0.05, 0) is 56.7 Å². The predicted molar refractivity (Wildman–Crippen MR) is 115 cm³/mol. The number of amides is 1. The maximum absolute atomic E-state index is 13.1. The number of carbonyl (C=O) groups is 1. The van der Waals surface area contributed by atoms with E-state index in [4.69, 9.17) is 0 Å². The third kappa shape index (κ3) is 2.99. The zero-order valence-electron chi connectivity index (χ0n) is 17.0. The van der Waals surface area contributed by atoms with Gasteiger partial charge in [-0.1, -0.05) is 19.1 Å². The molecule has 6 heteroatoms. The van der Waals surface area contributed by atoms with Crippen LogP contribution in [0, 0.1) is 5.92 Å². The second-order valence-electron chi connectivity index (χ2n) is 8.43. The van der Waals surface area contributed by atoms with Gasteiger partial charge in [0.2, 0.25) is 0 Å². The van der Waals surface area contributed by atoms with E-state index < -0.39 is 0 Å². The van der Waals surface area contributed by atoms with Gasteiger partial charge < -0.3 is 10.3 Å². The van der Waals surface area contributed by atoms with Crippen molar-refractivity contribution in [3.63, 3.8) is 0 Å². The van der Waals surface area contributed by atoms with Gasteiger partial charge in [-0.25, -0.2) is 9.67 Å². The number of aromatic amines is 1. The van der Waals surface area contributed by atoms with E-state index in [-0.39, 0.29) is 11.9 Å². The van der Waals surface area contributed by atoms with Crippen molar-refractivity contribution in [1.29, 1.82) is 0 Å². The number of aryl methyl sites for hydroxylation is 1. The summed E-state index contributed by atoms with van der Waals surface area (Å²) in [6.45, 7) is 6.44. The number of nitrogens with zero attached hydrogens (tertiary/aromatic N) is 3. The van der Waals surface area contributed by atoms with Gasteiger partial charge in [0.1, 0.15) is 0 Å². The van der Waals surface area contributed by atoms with E-state index in [1.54, 1.807) is 12.4 Å². The number of anilines is 1. The summed E-state index contributed by atoms with van der Waals surface area (Å²) in [4.78, 5) is 21.1. The molecule has 4 aromatic rings. The van der Waals surface area contributed by atoms with Crippen LogP contribution in [0.3, 0.4) is 0 Å². The third-order valence-corrected chi connectivity index (χ3v) is 5.89. The molecule has 1 unspecified atom stereocenters. The van der Waals surface area contributed by atoms with Gasteiger partial charge in [0.05, 0.1) is 29.2 Å². The van der Waals surface area contributed by atoms with Crippen LogP contribution in [0.2, 0.25) is 0 Å². The molecule has 148 valence electrons. The van der Waals surface area contributed by atoms with Crippen LogP contribution in [-0.4, -0.2) is 25.7 Å². The van der Waals surface area contributed by atoms with Gasteiger partial charge in [-0.2, -0.15) is 5.10 Å². The Morgan fingerprint density at radius 3 is 3.00 bits per heavy atom. The molecular formula is C23H25N5O. The molecule has 0 fully saturated rings. The van der Waals surface area contributed by atoms with Gasteiger partial charge in [-0.15, -0.1) is 0 Å². The number of hydrogen-bond donors (Lipinski definition) is 2. The van der Waals surface area contributed by atoms with E-state index in [1.807, 2.05) is 22.9 Å². The topological polar surface area (TPSA) is 75.6 Å². The summed E-state index contributed by atoms with van der Waals surface area (Å²) in [6, 6.07) is 8.13. The second-order valence-corrected chi connectivity index (χ2v) is 8.43. The fourth-order valence-electron chi connectivity index (χ4n) is 4.39. The Morgan fingerprint density at radius 1 is 1.31 bits per heavy atom. The number of para-hydroxylation sites is 1. The number of H-pyrrole nitrogens is 1. The molecule has 29 heavy (non-hydrogen) atoms. The van der Waals surface area contributed by atoms with Crippen LogP contribution in [0.5, 0.6) is 0 Å². The van der Waals surface area contributed by atoms with Crippen molar-refractivity contribution in [1.82, 2.24) is 19.7 Å². The Balaban J connectivity index is 1.48. The van der Waals surface area contributed by atoms with E-state index >= 15 is 0 Å². The second kappa shape index (κ2) is 6.72. The first-order valence-electron chi connectivity index (χ1n) is 10.3. The molecule has 0 radical (unpaired) electrons. The third-order valence-electron chi connectivity index (χ3n) is 5.89. The monoisotopic (exact) mass is 387 g/mol. The molecule has 1 aliphatic carbocycles. The van der Waals surface area contributed by atoms with Crippen molar-refractivity contribution in [2.45, 2.75) is 46.1 Å². The highest BCUT2D eigenvalue weighted by Crippen LogP contribution is 2.33. The minimum atomic E-state index is -0.125. The van der Waals surface area contributed by atoms with Crippen LogP contribution in [0.15, 0.2) is 36.7 Å². The molecule has 3 heterocycles. The highest BCUT2D eigenvalue weighted by atomic mass is 16.1. The zero-order valence-corrected chi connectivity index (χ0v) is 17.0. The number of carbonyl (C=O) groups excluding carboxylic acids is 1. The zero-order chi connectivity index (χ0) is 20.1. The minimum Gasteiger partial charge on any atom is -0.358 e. The van der Waals surface area contributed by atoms with Gasteiger partial charge >= 0.3 is 0 Å². The normalized spacial score (nSPS) is 16.5. The van der Waals surface area contributed by atoms with Crippen LogP contribution in [0.25, 0.3) is 21.9 Å². The van der Waals surface area contributed by atoms with E-state index in [1.165, 1.54) is 23.1 Å². The summed E-state index contributed by atoms with van der Waals surface area (Å²) in [6.07, 6.45) is 6.80. The lowest BCUT2D eigenvalue weighted by molar-refractivity contribution is 0.102. The Kier molecular flexibility index (Phi) is 4.15. The Labute approximate surface area is 169 Å². The van der Waals surface area contributed by atoms with Gasteiger partial charge in [-0.3, -0.25) is 4.79 Å². The molecular weight excluding hydrogens is 362 g/mol. The summed E-state index contributed by atoms with van der Waals surface area (Å²) < 4.78 is 1.88. The molecule has 1 aromatic carbocycles. The van der Waals surface area contributed by atoms with Crippen LogP contribution < -0.4 is 5.32 Å². The molecule has 0 aliphatic heterocycles. The highest BCUT2D eigenvalue weighted by molar-refractivity contribution is 6.12. The number of benzene rings is 1. The lowest BCUT2D eigenvalue weighted by Crippen LogP contribution is -2.12. The largest absolute Gasteiger partial charge is 0.358 e. The molecule has 3 aromatic heterocycles. The first kappa shape index (κ1) is 17.9. The average molecular weight is 387 g/mol. The summed E-state index contributed by atoms with van der Waals surface area (Å²) >= 11 is 0.